The van der Waals surface area contributed by atoms with Crippen LogP contribution in [0.4, 0.5) is 0 Å². The van der Waals surface area contributed by atoms with Crippen LogP contribution in [-0.4, -0.2) is 75.3 Å². The van der Waals surface area contributed by atoms with E-state index in [-0.39, 0.29) is 25.2 Å². The molecule has 13 heteroatoms. The van der Waals surface area contributed by atoms with Crippen LogP contribution >= 0.6 is 0 Å². The zero-order valence-electron chi connectivity index (χ0n) is 39.2. The van der Waals surface area contributed by atoms with Gasteiger partial charge >= 0.3 is 28.3 Å². The van der Waals surface area contributed by atoms with Crippen LogP contribution < -0.4 is 0 Å². The largest absolute Gasteiger partial charge is 0.462 e. The lowest BCUT2D eigenvalue weighted by molar-refractivity contribution is -0.269. The van der Waals surface area contributed by atoms with Crippen molar-refractivity contribution in [2.45, 2.75) is 276 Å². The minimum atomic E-state index is -5.01. The number of ether oxygens (including phenoxy) is 5. The van der Waals surface area contributed by atoms with E-state index < -0.39 is 59.7 Å². The molecule has 1 aliphatic heterocycles. The molecule has 0 aromatic carbocycles. The third-order valence-electron chi connectivity index (χ3n) is 11.7. The van der Waals surface area contributed by atoms with Crippen molar-refractivity contribution in [2.75, 3.05) is 13.7 Å². The highest BCUT2D eigenvalue weighted by Crippen LogP contribution is 2.27. The summed E-state index contributed by atoms with van der Waals surface area (Å²) in [6.45, 7) is 6.22. The van der Waals surface area contributed by atoms with E-state index in [2.05, 4.69) is 20.8 Å². The molecule has 1 aliphatic rings. The summed E-state index contributed by atoms with van der Waals surface area (Å²) in [6.07, 6.45) is 29.4. The molecule has 1 fully saturated rings. The van der Waals surface area contributed by atoms with E-state index in [1.807, 2.05) is 0 Å². The Labute approximate surface area is 372 Å². The van der Waals surface area contributed by atoms with Crippen molar-refractivity contribution in [3.05, 3.63) is 0 Å². The third kappa shape index (κ3) is 32.5. The molecule has 12 nitrogen and oxygen atoms in total. The Hall–Kier alpha value is -1.80. The molecule has 61 heavy (non-hydrogen) atoms. The normalized spacial score (nSPS) is 18.5. The van der Waals surface area contributed by atoms with Gasteiger partial charge in [-0.2, -0.15) is 8.42 Å². The van der Waals surface area contributed by atoms with Crippen LogP contribution in [-0.2, 0) is 52.7 Å². The maximum absolute atomic E-state index is 13.6. The van der Waals surface area contributed by atoms with E-state index in [9.17, 15) is 27.4 Å². The van der Waals surface area contributed by atoms with Crippen molar-refractivity contribution < 1.29 is 55.2 Å². The molecule has 0 amide bonds. The number of carbonyl (C=O) groups excluding carboxylic acids is 3. The molecule has 360 valence electrons. The standard InChI is InChI=1S/C48H90O12S/c1-5-8-11-14-17-20-22-25-28-31-34-37-43(49)57-41(36-33-30-27-24-19-16-13-10-7-3)39-45(51)59-46-42(60-61(52,53)54)40-56-48(55-4)47(46)58-44(50)38-35-32-29-26-23-21-18-15-12-9-6-2/h41-42,46-48H,5-40H2,1-4H3,(H,52,53,54)/t41?,42-,46-,47+,48-/m1/s1. The van der Waals surface area contributed by atoms with E-state index in [0.717, 1.165) is 64.2 Å². The fourth-order valence-corrected chi connectivity index (χ4v) is 8.52. The van der Waals surface area contributed by atoms with Crippen LogP contribution in [0.2, 0.25) is 0 Å². The van der Waals surface area contributed by atoms with Crippen LogP contribution in [0.25, 0.3) is 0 Å². The first-order valence-corrected chi connectivity index (χ1v) is 26.3. The van der Waals surface area contributed by atoms with Gasteiger partial charge in [-0.05, 0) is 25.7 Å². The van der Waals surface area contributed by atoms with Gasteiger partial charge in [0.2, 0.25) is 0 Å². The molecule has 5 atom stereocenters. The summed E-state index contributed by atoms with van der Waals surface area (Å²) in [5, 5.41) is 0. The molecular weight excluding hydrogens is 801 g/mol. The number of hydrogen-bond donors (Lipinski definition) is 1. The highest BCUT2D eigenvalue weighted by atomic mass is 32.3. The summed E-state index contributed by atoms with van der Waals surface area (Å²) in [6, 6.07) is 0. The Morgan fingerprint density at radius 2 is 0.918 bits per heavy atom. The summed E-state index contributed by atoms with van der Waals surface area (Å²) < 4.78 is 66.6. The predicted molar refractivity (Wildman–Crippen MR) is 241 cm³/mol. The molecule has 0 saturated carbocycles. The van der Waals surface area contributed by atoms with Gasteiger partial charge in [-0.3, -0.25) is 18.9 Å². The Bertz CT molecular complexity index is 1180. The summed E-state index contributed by atoms with van der Waals surface area (Å²) >= 11 is 0. The van der Waals surface area contributed by atoms with Crippen LogP contribution in [0.3, 0.4) is 0 Å². The molecule has 0 aromatic heterocycles. The fourth-order valence-electron chi connectivity index (χ4n) is 8.05. The summed E-state index contributed by atoms with van der Waals surface area (Å²) in [4.78, 5) is 39.8. The topological polar surface area (TPSA) is 161 Å². The average Bonchev–Trinajstić information content (AvgIpc) is 3.22. The van der Waals surface area contributed by atoms with Crippen molar-refractivity contribution in [1.29, 1.82) is 0 Å². The van der Waals surface area contributed by atoms with E-state index >= 15 is 0 Å². The van der Waals surface area contributed by atoms with Gasteiger partial charge in [0.15, 0.2) is 18.5 Å². The second-order valence-corrected chi connectivity index (χ2v) is 18.5. The van der Waals surface area contributed by atoms with Gasteiger partial charge in [0.25, 0.3) is 0 Å². The quantitative estimate of drug-likeness (QED) is 0.0268. The van der Waals surface area contributed by atoms with Crippen molar-refractivity contribution >= 4 is 28.3 Å². The smallest absolute Gasteiger partial charge is 0.397 e. The Morgan fingerprint density at radius 3 is 1.33 bits per heavy atom. The number of unbranched alkanes of at least 4 members (excludes halogenated alkanes) is 28. The lowest BCUT2D eigenvalue weighted by Crippen LogP contribution is -2.58. The van der Waals surface area contributed by atoms with Gasteiger partial charge < -0.3 is 23.7 Å². The van der Waals surface area contributed by atoms with Gasteiger partial charge in [-0.25, -0.2) is 4.18 Å². The number of esters is 3. The number of hydrogen-bond acceptors (Lipinski definition) is 11. The lowest BCUT2D eigenvalue weighted by Gasteiger charge is -2.39. The highest BCUT2D eigenvalue weighted by molar-refractivity contribution is 7.80. The Morgan fingerprint density at radius 1 is 0.541 bits per heavy atom. The second kappa shape index (κ2) is 38.6. The molecule has 1 saturated heterocycles. The maximum atomic E-state index is 13.6. The van der Waals surface area contributed by atoms with Crippen molar-refractivity contribution in [1.82, 2.24) is 0 Å². The zero-order valence-corrected chi connectivity index (χ0v) is 40.0. The molecule has 1 rings (SSSR count). The monoisotopic (exact) mass is 891 g/mol. The molecule has 0 spiro atoms. The third-order valence-corrected chi connectivity index (χ3v) is 12.2. The van der Waals surface area contributed by atoms with Crippen LogP contribution in [0.15, 0.2) is 0 Å². The summed E-state index contributed by atoms with van der Waals surface area (Å²) in [5.74, 6) is -1.74. The van der Waals surface area contributed by atoms with Gasteiger partial charge in [-0.1, -0.05) is 201 Å². The molecule has 1 unspecified atom stereocenters. The predicted octanol–water partition coefficient (Wildman–Crippen LogP) is 12.6. The van der Waals surface area contributed by atoms with Crippen molar-refractivity contribution in [2.24, 2.45) is 0 Å². The molecule has 0 aliphatic carbocycles. The van der Waals surface area contributed by atoms with Gasteiger partial charge in [0, 0.05) is 20.0 Å². The number of carbonyl (C=O) groups is 3. The summed E-state index contributed by atoms with van der Waals surface area (Å²) in [7, 11) is -3.68. The average molecular weight is 891 g/mol. The minimum Gasteiger partial charge on any atom is -0.462 e. The Balaban J connectivity index is 2.83. The fraction of sp³-hybridized carbons (Fsp3) is 0.938. The Kier molecular flexibility index (Phi) is 36.2. The molecule has 1 N–H and O–H groups in total. The SMILES string of the molecule is CCCCCCCCCCCCCC(=O)OC(CCCCCCCCCCC)CC(=O)O[C@H]1[C@H](OC(=O)CCCCCCCCCCCCC)[C@H](OC)OC[C@H]1OS(=O)(=O)O. The van der Waals surface area contributed by atoms with E-state index in [0.29, 0.717) is 19.3 Å². The zero-order chi connectivity index (χ0) is 44.8. The molecule has 0 radical (unpaired) electrons. The highest BCUT2D eigenvalue weighted by Gasteiger charge is 2.48. The van der Waals surface area contributed by atoms with Gasteiger partial charge in [-0.15, -0.1) is 0 Å². The van der Waals surface area contributed by atoms with Crippen molar-refractivity contribution in [3.63, 3.8) is 0 Å². The molecular formula is C48H90O12S. The van der Waals surface area contributed by atoms with E-state index in [1.54, 1.807) is 0 Å². The second-order valence-electron chi connectivity index (χ2n) is 17.4. The van der Waals surface area contributed by atoms with Gasteiger partial charge in [0.05, 0.1) is 13.0 Å². The summed E-state index contributed by atoms with van der Waals surface area (Å²) in [5.41, 5.74) is 0. The van der Waals surface area contributed by atoms with Crippen LogP contribution in [0, 0.1) is 0 Å². The van der Waals surface area contributed by atoms with E-state index in [4.69, 9.17) is 27.9 Å². The minimum absolute atomic E-state index is 0.102. The van der Waals surface area contributed by atoms with Gasteiger partial charge in [0.1, 0.15) is 12.2 Å². The number of methoxy groups -OCH3 is 1. The first-order chi connectivity index (χ1) is 29.5. The van der Waals surface area contributed by atoms with E-state index in [1.165, 1.54) is 129 Å². The first-order valence-electron chi connectivity index (χ1n) is 24.9. The van der Waals surface area contributed by atoms with Crippen LogP contribution in [0.1, 0.15) is 245 Å². The first kappa shape index (κ1) is 57.2. The molecule has 1 heterocycles. The molecule has 0 aromatic rings. The maximum Gasteiger partial charge on any atom is 0.397 e. The van der Waals surface area contributed by atoms with Crippen LogP contribution in [0.5, 0.6) is 0 Å². The molecule has 0 bridgehead atoms. The van der Waals surface area contributed by atoms with Crippen molar-refractivity contribution in [3.8, 4) is 0 Å². The lowest BCUT2D eigenvalue weighted by atomic mass is 10.0. The number of rotatable bonds is 42.